The van der Waals surface area contributed by atoms with E-state index in [-0.39, 0.29) is 30.1 Å². The number of hydrogen-bond acceptors (Lipinski definition) is 9. The highest BCUT2D eigenvalue weighted by atomic mass is 32.2. The van der Waals surface area contributed by atoms with Crippen molar-refractivity contribution >= 4 is 16.1 Å². The number of aliphatic hydroxyl groups is 1. The third kappa shape index (κ3) is 7.71. The molecule has 0 aromatic heterocycles. The number of nitrogens with one attached hydrogen (secondary N) is 2. The molecule has 0 saturated carbocycles. The van der Waals surface area contributed by atoms with Crippen LogP contribution in [0.1, 0.15) is 32.3 Å². The largest absolute Gasteiger partial charge is 0.497 e. The van der Waals surface area contributed by atoms with Gasteiger partial charge in [-0.05, 0) is 56.0 Å². The van der Waals surface area contributed by atoms with Gasteiger partial charge in [0.05, 0.1) is 43.3 Å². The number of rotatable bonds is 13. The zero-order valence-corrected chi connectivity index (χ0v) is 23.7. The molecule has 0 aliphatic carbocycles. The van der Waals surface area contributed by atoms with Crippen molar-refractivity contribution in [1.82, 2.24) is 10.0 Å². The summed E-state index contributed by atoms with van der Waals surface area (Å²) in [5, 5.41) is 14.3. The maximum absolute atomic E-state index is 13.3. The van der Waals surface area contributed by atoms with E-state index in [0.717, 1.165) is 12.0 Å². The van der Waals surface area contributed by atoms with E-state index in [0.29, 0.717) is 18.8 Å². The molecule has 7 atom stereocenters. The molecule has 2 saturated heterocycles. The van der Waals surface area contributed by atoms with Gasteiger partial charge in [-0.2, -0.15) is 4.72 Å². The number of fused-ring (bicyclic) bond motifs is 1. The summed E-state index contributed by atoms with van der Waals surface area (Å²) in [6, 6.07) is 14.1. The number of carbonyl (C=O) groups excluding carboxylic acids is 1. The molecule has 12 heteroatoms. The lowest BCUT2D eigenvalue weighted by Crippen LogP contribution is -2.57. The van der Waals surface area contributed by atoms with E-state index < -0.39 is 46.7 Å². The number of sulfonamides is 1. The summed E-state index contributed by atoms with van der Waals surface area (Å²) in [5.74, 6) is 0.446. The molecule has 1 amide bonds. The van der Waals surface area contributed by atoms with Crippen LogP contribution in [0.2, 0.25) is 0 Å². The molecule has 0 bridgehead atoms. The fraction of sp³-hybridized carbons (Fsp3) is 0.536. The second-order valence-corrected chi connectivity index (χ2v) is 11.7. The van der Waals surface area contributed by atoms with Crippen LogP contribution < -0.4 is 14.8 Å². The number of amides is 1. The molecule has 40 heavy (non-hydrogen) atoms. The summed E-state index contributed by atoms with van der Waals surface area (Å²) >= 11 is 0. The maximum atomic E-state index is 13.3. The molecule has 5 unspecified atom stereocenters. The second-order valence-electron chi connectivity index (χ2n) is 9.97. The molecule has 2 heterocycles. The van der Waals surface area contributed by atoms with E-state index >= 15 is 0 Å². The van der Waals surface area contributed by atoms with Crippen molar-refractivity contribution in [2.24, 2.45) is 5.92 Å². The number of carbonyl (C=O) groups is 1. The van der Waals surface area contributed by atoms with Crippen molar-refractivity contribution < 1.29 is 42.0 Å². The quantitative estimate of drug-likeness (QED) is 0.306. The summed E-state index contributed by atoms with van der Waals surface area (Å²) in [7, 11) is -2.63. The number of alkyl carbamates (subject to hydrolysis) is 1. The molecule has 3 N–H and O–H groups in total. The standard InChI is InChI=1S/C28H38N2O9S/c1-4-18(2)38-26(30-40(33,34)21-12-10-20(35-3)11-13-21)25(31)23(16-19-8-6-5-7-9-19)29-28(32)39-24-17-37-27-22(24)14-15-36-27/h5-13,18,22-27,30-31H,4,14-17H2,1-3H3,(H,29,32)/t18?,22?,23-,24?,25+,26?,27?/m0/s1. The second kappa shape index (κ2) is 13.7. The van der Waals surface area contributed by atoms with Gasteiger partial charge in [-0.15, -0.1) is 0 Å². The monoisotopic (exact) mass is 578 g/mol. The average Bonchev–Trinajstić information content (AvgIpc) is 3.57. The molecule has 11 nitrogen and oxygen atoms in total. The van der Waals surface area contributed by atoms with Crippen LogP contribution in [0, 0.1) is 5.92 Å². The van der Waals surface area contributed by atoms with E-state index in [2.05, 4.69) is 10.0 Å². The summed E-state index contributed by atoms with van der Waals surface area (Å²) in [6.45, 7) is 4.41. The van der Waals surface area contributed by atoms with Crippen molar-refractivity contribution in [3.8, 4) is 5.75 Å². The van der Waals surface area contributed by atoms with Crippen LogP contribution in [0.25, 0.3) is 0 Å². The zero-order valence-electron chi connectivity index (χ0n) is 22.9. The Balaban J connectivity index is 1.54. The van der Waals surface area contributed by atoms with E-state index in [1.165, 1.54) is 31.4 Å². The minimum atomic E-state index is -4.11. The van der Waals surface area contributed by atoms with Crippen molar-refractivity contribution in [3.63, 3.8) is 0 Å². The third-order valence-corrected chi connectivity index (χ3v) is 8.60. The van der Waals surface area contributed by atoms with Gasteiger partial charge in [0.25, 0.3) is 0 Å². The molecule has 220 valence electrons. The third-order valence-electron chi connectivity index (χ3n) is 7.16. The smallest absolute Gasteiger partial charge is 0.407 e. The Morgan fingerprint density at radius 3 is 2.52 bits per heavy atom. The fourth-order valence-electron chi connectivity index (χ4n) is 4.71. The van der Waals surface area contributed by atoms with Crippen LogP contribution in [0.4, 0.5) is 4.79 Å². The Morgan fingerprint density at radius 1 is 1.12 bits per heavy atom. The molecule has 0 radical (unpaired) electrons. The first-order valence-electron chi connectivity index (χ1n) is 13.4. The van der Waals surface area contributed by atoms with Crippen molar-refractivity contribution in [2.75, 3.05) is 20.3 Å². The fourth-order valence-corrected chi connectivity index (χ4v) is 5.84. The highest BCUT2D eigenvalue weighted by Gasteiger charge is 2.44. The predicted molar refractivity (Wildman–Crippen MR) is 145 cm³/mol. The van der Waals surface area contributed by atoms with Gasteiger partial charge < -0.3 is 34.1 Å². The lowest BCUT2D eigenvalue weighted by Gasteiger charge is -2.32. The number of benzene rings is 2. The minimum absolute atomic E-state index is 0.0280. The minimum Gasteiger partial charge on any atom is -0.497 e. The van der Waals surface area contributed by atoms with E-state index in [4.69, 9.17) is 23.7 Å². The molecular formula is C28H38N2O9S. The Hall–Kier alpha value is -2.74. The molecule has 2 fully saturated rings. The first-order chi connectivity index (χ1) is 19.2. The van der Waals surface area contributed by atoms with Crippen molar-refractivity contribution in [1.29, 1.82) is 0 Å². The SMILES string of the molecule is CCC(C)OC(NS(=O)(=O)c1ccc(OC)cc1)[C@H](O)[C@H](Cc1ccccc1)NC(=O)OC1COC2OCCC12. The van der Waals surface area contributed by atoms with Gasteiger partial charge in [0.1, 0.15) is 24.2 Å². The Kier molecular flexibility index (Phi) is 10.4. The number of aliphatic hydroxyl groups excluding tert-OH is 1. The van der Waals surface area contributed by atoms with Crippen LogP contribution in [0.5, 0.6) is 5.75 Å². The summed E-state index contributed by atoms with van der Waals surface area (Å²) in [4.78, 5) is 13.0. The number of hydrogen-bond donors (Lipinski definition) is 3. The first-order valence-corrected chi connectivity index (χ1v) is 14.9. The van der Waals surface area contributed by atoms with Crippen LogP contribution >= 0.6 is 0 Å². The van der Waals surface area contributed by atoms with Crippen molar-refractivity contribution in [2.45, 2.75) is 74.9 Å². The summed E-state index contributed by atoms with van der Waals surface area (Å²) < 4.78 is 56.8. The van der Waals surface area contributed by atoms with Crippen LogP contribution in [0.3, 0.4) is 0 Å². The maximum Gasteiger partial charge on any atom is 0.407 e. The van der Waals surface area contributed by atoms with Crippen LogP contribution in [0.15, 0.2) is 59.5 Å². The van der Waals surface area contributed by atoms with Crippen LogP contribution in [-0.2, 0) is 35.4 Å². The molecule has 2 aliphatic heterocycles. The Bertz CT molecular complexity index is 1200. The Morgan fingerprint density at radius 2 is 1.85 bits per heavy atom. The van der Waals surface area contributed by atoms with Gasteiger partial charge in [0.2, 0.25) is 10.0 Å². The van der Waals surface area contributed by atoms with Gasteiger partial charge in [0.15, 0.2) is 6.29 Å². The van der Waals surface area contributed by atoms with E-state index in [1.807, 2.05) is 37.3 Å². The molecule has 4 rings (SSSR count). The number of methoxy groups -OCH3 is 1. The molecule has 2 aromatic rings. The van der Waals surface area contributed by atoms with Gasteiger partial charge in [-0.25, -0.2) is 13.2 Å². The average molecular weight is 579 g/mol. The normalized spacial score (nSPS) is 23.6. The molecule has 2 aliphatic rings. The van der Waals surface area contributed by atoms with Gasteiger partial charge >= 0.3 is 6.09 Å². The summed E-state index contributed by atoms with van der Waals surface area (Å²) in [6.07, 6.45) is -3.38. The molecule has 0 spiro atoms. The first kappa shape index (κ1) is 30.2. The molecular weight excluding hydrogens is 540 g/mol. The van der Waals surface area contributed by atoms with Gasteiger partial charge in [-0.3, -0.25) is 0 Å². The topological polar surface area (TPSA) is 142 Å². The van der Waals surface area contributed by atoms with Crippen molar-refractivity contribution in [3.05, 3.63) is 60.2 Å². The lowest BCUT2D eigenvalue weighted by molar-refractivity contribution is -0.0909. The predicted octanol–water partition coefficient (Wildman–Crippen LogP) is 2.57. The lowest BCUT2D eigenvalue weighted by atomic mass is 10.00. The molecule has 2 aromatic carbocycles. The highest BCUT2D eigenvalue weighted by Crippen LogP contribution is 2.33. The highest BCUT2D eigenvalue weighted by molar-refractivity contribution is 7.89. The van der Waals surface area contributed by atoms with E-state index in [1.54, 1.807) is 6.92 Å². The number of ether oxygens (including phenoxy) is 5. The summed E-state index contributed by atoms with van der Waals surface area (Å²) in [5.41, 5.74) is 0.820. The van der Waals surface area contributed by atoms with Crippen LogP contribution in [-0.4, -0.2) is 76.8 Å². The van der Waals surface area contributed by atoms with E-state index in [9.17, 15) is 18.3 Å². The Labute approximate surface area is 235 Å². The van der Waals surface area contributed by atoms with Gasteiger partial charge in [0, 0.05) is 0 Å². The zero-order chi connectivity index (χ0) is 28.7. The van der Waals surface area contributed by atoms with Gasteiger partial charge in [-0.1, -0.05) is 37.3 Å².